The highest BCUT2D eigenvalue weighted by Gasteiger charge is 2.27. The molecule has 1 fully saturated rings. The summed E-state index contributed by atoms with van der Waals surface area (Å²) in [5.41, 5.74) is 0.621. The van der Waals surface area contributed by atoms with E-state index in [1.807, 2.05) is 25.7 Å². The number of anilines is 1. The summed E-state index contributed by atoms with van der Waals surface area (Å²) >= 11 is 0. The van der Waals surface area contributed by atoms with Crippen LogP contribution in [0.1, 0.15) is 31.1 Å². The van der Waals surface area contributed by atoms with Gasteiger partial charge >= 0.3 is 0 Å². The monoisotopic (exact) mass is 448 g/mol. The summed E-state index contributed by atoms with van der Waals surface area (Å²) in [5.74, 6) is -0.215. The van der Waals surface area contributed by atoms with Crippen LogP contribution in [-0.2, 0) is 9.84 Å². The Bertz CT molecular complexity index is 1060. The summed E-state index contributed by atoms with van der Waals surface area (Å²) < 4.78 is 44.0. The lowest BCUT2D eigenvalue weighted by Crippen LogP contribution is -2.49. The Balaban J connectivity index is 1.82. The van der Waals surface area contributed by atoms with Gasteiger partial charge in [-0.05, 0) is 35.7 Å². The molecule has 0 radical (unpaired) electrons. The highest BCUT2D eigenvalue weighted by atomic mass is 32.2. The minimum absolute atomic E-state index is 0.0731. The first kappa shape index (κ1) is 23.1. The Morgan fingerprint density at radius 3 is 2.29 bits per heavy atom. The number of piperazine rings is 1. The van der Waals surface area contributed by atoms with Crippen molar-refractivity contribution in [1.82, 2.24) is 4.90 Å². The summed E-state index contributed by atoms with van der Waals surface area (Å²) in [7, 11) is -3.48. The average molecular weight is 449 g/mol. The molecule has 1 heterocycles. The van der Waals surface area contributed by atoms with Crippen molar-refractivity contribution in [2.75, 3.05) is 43.9 Å². The lowest BCUT2D eigenvalue weighted by atomic mass is 9.98. The second kappa shape index (κ2) is 8.86. The van der Waals surface area contributed by atoms with Crippen molar-refractivity contribution in [3.05, 3.63) is 53.8 Å². The number of sulfone groups is 1. The molecule has 0 bridgehead atoms. The fourth-order valence-electron chi connectivity index (χ4n) is 3.36. The maximum atomic E-state index is 14.1. The van der Waals surface area contributed by atoms with E-state index in [1.54, 1.807) is 29.2 Å². The standard InChI is InChI=1S/C23H29FN2O4S/c1-23(2,3)16-30-21-10-9-17(31(4,28)29)15-18(21)22(27)26-13-11-25(12-14-26)20-8-6-5-7-19(20)24/h5-10,15H,11-14,16H2,1-4H3. The van der Waals surface area contributed by atoms with Crippen molar-refractivity contribution in [1.29, 1.82) is 0 Å². The molecule has 1 aliphatic rings. The van der Waals surface area contributed by atoms with Gasteiger partial charge < -0.3 is 14.5 Å². The van der Waals surface area contributed by atoms with Gasteiger partial charge in [-0.1, -0.05) is 32.9 Å². The van der Waals surface area contributed by atoms with Gasteiger partial charge in [-0.25, -0.2) is 12.8 Å². The van der Waals surface area contributed by atoms with E-state index in [-0.39, 0.29) is 27.6 Å². The molecule has 0 spiro atoms. The van der Waals surface area contributed by atoms with Crippen molar-refractivity contribution in [3.63, 3.8) is 0 Å². The highest BCUT2D eigenvalue weighted by molar-refractivity contribution is 7.90. The van der Waals surface area contributed by atoms with Gasteiger partial charge in [0.1, 0.15) is 11.6 Å². The molecule has 1 aliphatic heterocycles. The van der Waals surface area contributed by atoms with E-state index in [9.17, 15) is 17.6 Å². The fraction of sp³-hybridized carbons (Fsp3) is 0.435. The molecule has 0 atom stereocenters. The Hall–Kier alpha value is -2.61. The van der Waals surface area contributed by atoms with Crippen molar-refractivity contribution in [2.24, 2.45) is 5.41 Å². The first-order valence-corrected chi connectivity index (χ1v) is 12.1. The second-order valence-corrected chi connectivity index (χ2v) is 11.0. The van der Waals surface area contributed by atoms with Gasteiger partial charge in [0.2, 0.25) is 0 Å². The topological polar surface area (TPSA) is 66.9 Å². The summed E-state index contributed by atoms with van der Waals surface area (Å²) in [6.07, 6.45) is 1.11. The minimum Gasteiger partial charge on any atom is -0.492 e. The lowest BCUT2D eigenvalue weighted by Gasteiger charge is -2.36. The zero-order valence-electron chi connectivity index (χ0n) is 18.4. The third kappa shape index (κ3) is 5.76. The van der Waals surface area contributed by atoms with Gasteiger partial charge in [0.05, 0.1) is 22.8 Å². The predicted octanol–water partition coefficient (Wildman–Crippen LogP) is 3.62. The number of rotatable bonds is 5. The first-order chi connectivity index (χ1) is 14.5. The van der Waals surface area contributed by atoms with Crippen LogP contribution in [0.15, 0.2) is 47.4 Å². The third-order valence-corrected chi connectivity index (χ3v) is 6.14. The smallest absolute Gasteiger partial charge is 0.257 e. The van der Waals surface area contributed by atoms with Gasteiger partial charge in [-0.3, -0.25) is 4.79 Å². The Morgan fingerprint density at radius 2 is 1.71 bits per heavy atom. The summed E-state index contributed by atoms with van der Waals surface area (Å²) in [6, 6.07) is 11.0. The van der Waals surface area contributed by atoms with Gasteiger partial charge in [0.25, 0.3) is 5.91 Å². The van der Waals surface area contributed by atoms with E-state index in [0.29, 0.717) is 44.2 Å². The molecule has 0 saturated carbocycles. The van der Waals surface area contributed by atoms with Crippen LogP contribution in [0.2, 0.25) is 0 Å². The molecule has 8 heteroatoms. The molecule has 1 saturated heterocycles. The maximum absolute atomic E-state index is 14.1. The number of nitrogens with zero attached hydrogens (tertiary/aromatic N) is 2. The van der Waals surface area contributed by atoms with Gasteiger partial charge in [-0.15, -0.1) is 0 Å². The van der Waals surface area contributed by atoms with Crippen molar-refractivity contribution in [2.45, 2.75) is 25.7 Å². The quantitative estimate of drug-likeness (QED) is 0.699. The third-order valence-electron chi connectivity index (χ3n) is 5.03. The zero-order valence-corrected chi connectivity index (χ0v) is 19.2. The Morgan fingerprint density at radius 1 is 1.06 bits per heavy atom. The lowest BCUT2D eigenvalue weighted by molar-refractivity contribution is 0.0739. The molecule has 1 amide bonds. The van der Waals surface area contributed by atoms with Crippen molar-refractivity contribution >= 4 is 21.4 Å². The summed E-state index contributed by atoms with van der Waals surface area (Å²) in [4.78, 5) is 16.9. The summed E-state index contributed by atoms with van der Waals surface area (Å²) in [5, 5.41) is 0. The van der Waals surface area contributed by atoms with E-state index in [1.165, 1.54) is 18.2 Å². The molecular weight excluding hydrogens is 419 g/mol. The van der Waals surface area contributed by atoms with Crippen LogP contribution >= 0.6 is 0 Å². The van der Waals surface area contributed by atoms with Gasteiger partial charge in [0.15, 0.2) is 9.84 Å². The number of ether oxygens (including phenoxy) is 1. The number of carbonyl (C=O) groups excluding carboxylic acids is 1. The molecule has 0 aliphatic carbocycles. The van der Waals surface area contributed by atoms with E-state index in [0.717, 1.165) is 6.26 Å². The SMILES string of the molecule is CC(C)(C)COc1ccc(S(C)(=O)=O)cc1C(=O)N1CCN(c2ccccc2F)CC1. The number of para-hydroxylation sites is 1. The number of halogens is 1. The van der Waals surface area contributed by atoms with Crippen LogP contribution in [0.3, 0.4) is 0 Å². The average Bonchev–Trinajstić information content (AvgIpc) is 2.71. The van der Waals surface area contributed by atoms with E-state index >= 15 is 0 Å². The van der Waals surface area contributed by atoms with Crippen LogP contribution in [0.4, 0.5) is 10.1 Å². The van der Waals surface area contributed by atoms with E-state index in [4.69, 9.17) is 4.74 Å². The molecule has 0 N–H and O–H groups in total. The zero-order chi connectivity index (χ0) is 22.8. The van der Waals surface area contributed by atoms with Crippen LogP contribution in [0, 0.1) is 11.2 Å². The van der Waals surface area contributed by atoms with Crippen molar-refractivity contribution in [3.8, 4) is 5.75 Å². The fourth-order valence-corrected chi connectivity index (χ4v) is 4.00. The number of benzene rings is 2. The van der Waals surface area contributed by atoms with Gasteiger partial charge in [0, 0.05) is 32.4 Å². The molecule has 0 aromatic heterocycles. The largest absolute Gasteiger partial charge is 0.492 e. The number of amides is 1. The van der Waals surface area contributed by atoms with E-state index < -0.39 is 9.84 Å². The summed E-state index contributed by atoms with van der Waals surface area (Å²) in [6.45, 7) is 8.19. The van der Waals surface area contributed by atoms with Crippen LogP contribution in [-0.4, -0.2) is 58.3 Å². The molecule has 2 aromatic rings. The maximum Gasteiger partial charge on any atom is 0.257 e. The molecular formula is C23H29FN2O4S. The molecule has 0 unspecified atom stereocenters. The van der Waals surface area contributed by atoms with Gasteiger partial charge in [-0.2, -0.15) is 0 Å². The predicted molar refractivity (Wildman–Crippen MR) is 119 cm³/mol. The molecule has 31 heavy (non-hydrogen) atoms. The van der Waals surface area contributed by atoms with Crippen LogP contribution in [0.5, 0.6) is 5.75 Å². The number of hydrogen-bond donors (Lipinski definition) is 0. The number of hydrogen-bond acceptors (Lipinski definition) is 5. The molecule has 2 aromatic carbocycles. The molecule has 3 rings (SSSR count). The van der Waals surface area contributed by atoms with E-state index in [2.05, 4.69) is 0 Å². The first-order valence-electron chi connectivity index (χ1n) is 10.2. The Kier molecular flexibility index (Phi) is 6.59. The van der Waals surface area contributed by atoms with Crippen LogP contribution < -0.4 is 9.64 Å². The number of carbonyl (C=O) groups is 1. The highest BCUT2D eigenvalue weighted by Crippen LogP contribution is 2.27. The minimum atomic E-state index is -3.48. The van der Waals surface area contributed by atoms with Crippen molar-refractivity contribution < 1.29 is 22.3 Å². The molecule has 6 nitrogen and oxygen atoms in total. The normalized spacial score (nSPS) is 15.1. The second-order valence-electron chi connectivity index (χ2n) is 9.01. The Labute approximate surface area is 183 Å². The van der Waals surface area contributed by atoms with Crippen LogP contribution in [0.25, 0.3) is 0 Å². The molecule has 168 valence electrons.